The van der Waals surface area contributed by atoms with E-state index < -0.39 is 0 Å². The van der Waals surface area contributed by atoms with Gasteiger partial charge >= 0.3 is 0 Å². The maximum atomic E-state index is 3.59. The van der Waals surface area contributed by atoms with E-state index >= 15 is 0 Å². The summed E-state index contributed by atoms with van der Waals surface area (Å²) >= 11 is 0. The lowest BCUT2D eigenvalue weighted by Crippen LogP contribution is -2.57. The Kier molecular flexibility index (Phi) is 4.20. The molecule has 2 heterocycles. The Labute approximate surface area is 82.7 Å². The predicted octanol–water partition coefficient (Wildman–Crippen LogP) is 1.86. The summed E-state index contributed by atoms with van der Waals surface area (Å²) in [4.78, 5) is 2.45. The summed E-state index contributed by atoms with van der Waals surface area (Å²) in [5, 5.41) is 3.59. The van der Waals surface area contributed by atoms with E-state index in [0.29, 0.717) is 5.54 Å². The number of hydrogen-bond donors (Lipinski definition) is 1. The van der Waals surface area contributed by atoms with Gasteiger partial charge in [0.1, 0.15) is 0 Å². The van der Waals surface area contributed by atoms with E-state index in [1.54, 1.807) is 0 Å². The number of nitrogens with one attached hydrogen (secondary N) is 1. The maximum absolute atomic E-state index is 3.59. The monoisotopic (exact) mass is 184 g/mol. The Morgan fingerprint density at radius 2 is 1.77 bits per heavy atom. The topological polar surface area (TPSA) is 15.3 Å². The summed E-state index contributed by atoms with van der Waals surface area (Å²) in [6.45, 7) is 7.83. The van der Waals surface area contributed by atoms with Gasteiger partial charge in [-0.3, -0.25) is 0 Å². The first-order valence-corrected chi connectivity index (χ1v) is 5.74. The largest absolute Gasteiger partial charge is 0.311 e. The average molecular weight is 184 g/mol. The molecular formula is C11H24N2. The van der Waals surface area contributed by atoms with Gasteiger partial charge in [0.15, 0.2) is 0 Å². The van der Waals surface area contributed by atoms with Crippen molar-refractivity contribution >= 4 is 0 Å². The molecule has 2 rings (SSSR count). The van der Waals surface area contributed by atoms with Crippen LogP contribution < -0.4 is 5.32 Å². The van der Waals surface area contributed by atoms with E-state index in [2.05, 4.69) is 17.3 Å². The Balaban J connectivity index is 0.000000396. The minimum Gasteiger partial charge on any atom is -0.311 e. The van der Waals surface area contributed by atoms with Gasteiger partial charge in [-0.25, -0.2) is 0 Å². The van der Waals surface area contributed by atoms with Gasteiger partial charge in [-0.05, 0) is 52.4 Å². The lowest BCUT2D eigenvalue weighted by atomic mass is 9.81. The summed E-state index contributed by atoms with van der Waals surface area (Å²) in [5.74, 6) is 0. The van der Waals surface area contributed by atoms with Crippen LogP contribution in [0.4, 0.5) is 0 Å². The number of rotatable bonds is 0. The van der Waals surface area contributed by atoms with E-state index in [0.717, 1.165) is 0 Å². The molecule has 13 heavy (non-hydrogen) atoms. The van der Waals surface area contributed by atoms with Crippen LogP contribution in [0.25, 0.3) is 0 Å². The van der Waals surface area contributed by atoms with Crippen LogP contribution in [0.1, 0.15) is 39.5 Å². The molecule has 0 aliphatic carbocycles. The summed E-state index contributed by atoms with van der Waals surface area (Å²) in [5.41, 5.74) is 0.574. The van der Waals surface area contributed by atoms with Crippen molar-refractivity contribution in [3.63, 3.8) is 0 Å². The molecule has 0 amide bonds. The van der Waals surface area contributed by atoms with Crippen LogP contribution in [-0.2, 0) is 0 Å². The van der Waals surface area contributed by atoms with Gasteiger partial charge in [-0.1, -0.05) is 13.8 Å². The highest BCUT2D eigenvalue weighted by Crippen LogP contribution is 2.30. The van der Waals surface area contributed by atoms with Crippen LogP contribution in [-0.4, -0.2) is 37.1 Å². The Bertz CT molecular complexity index is 141. The zero-order valence-electron chi connectivity index (χ0n) is 9.40. The summed E-state index contributed by atoms with van der Waals surface area (Å²) < 4.78 is 0. The molecule has 1 unspecified atom stereocenters. The number of nitrogens with zero attached hydrogens (tertiary/aromatic N) is 1. The molecule has 1 atom stereocenters. The molecular weight excluding hydrogens is 160 g/mol. The van der Waals surface area contributed by atoms with Gasteiger partial charge in [0, 0.05) is 5.54 Å². The Hall–Kier alpha value is -0.0800. The first-order valence-electron chi connectivity index (χ1n) is 5.74. The standard InChI is InChI=1S/C9H18N2.C2H6/c1-11-7-2-3-9(5-8-11)4-6-10-9;1-2/h10H,2-8H2,1H3;1-2H3. The van der Waals surface area contributed by atoms with Gasteiger partial charge in [0.25, 0.3) is 0 Å². The molecule has 1 spiro atoms. The molecule has 2 saturated heterocycles. The van der Waals surface area contributed by atoms with Crippen LogP contribution in [0.2, 0.25) is 0 Å². The fourth-order valence-corrected chi connectivity index (χ4v) is 2.23. The lowest BCUT2D eigenvalue weighted by molar-refractivity contribution is 0.179. The molecule has 0 radical (unpaired) electrons. The van der Waals surface area contributed by atoms with Crippen molar-refractivity contribution < 1.29 is 0 Å². The maximum Gasteiger partial charge on any atom is 0.0206 e. The molecule has 2 fully saturated rings. The molecule has 2 nitrogen and oxygen atoms in total. The van der Waals surface area contributed by atoms with Crippen LogP contribution in [0.5, 0.6) is 0 Å². The molecule has 2 aliphatic rings. The van der Waals surface area contributed by atoms with Gasteiger partial charge in [-0.2, -0.15) is 0 Å². The quantitative estimate of drug-likeness (QED) is 0.618. The predicted molar refractivity (Wildman–Crippen MR) is 58.0 cm³/mol. The second-order valence-electron chi connectivity index (χ2n) is 4.11. The summed E-state index contributed by atoms with van der Waals surface area (Å²) in [6, 6.07) is 0. The van der Waals surface area contributed by atoms with E-state index in [9.17, 15) is 0 Å². The van der Waals surface area contributed by atoms with Crippen molar-refractivity contribution in [1.82, 2.24) is 10.2 Å². The Morgan fingerprint density at radius 1 is 1.08 bits per heavy atom. The third-order valence-corrected chi connectivity index (χ3v) is 3.27. The van der Waals surface area contributed by atoms with Crippen LogP contribution in [0.3, 0.4) is 0 Å². The highest BCUT2D eigenvalue weighted by Gasteiger charge is 2.36. The SMILES string of the molecule is CC.CN1CCCC2(CCN2)CC1. The third kappa shape index (κ3) is 2.68. The fraction of sp³-hybridized carbons (Fsp3) is 1.00. The third-order valence-electron chi connectivity index (χ3n) is 3.27. The molecule has 1 N–H and O–H groups in total. The van der Waals surface area contributed by atoms with Crippen molar-refractivity contribution in [3.8, 4) is 0 Å². The molecule has 78 valence electrons. The Morgan fingerprint density at radius 3 is 2.31 bits per heavy atom. The molecule has 0 bridgehead atoms. The molecule has 2 aliphatic heterocycles. The second-order valence-corrected chi connectivity index (χ2v) is 4.11. The van der Waals surface area contributed by atoms with E-state index in [4.69, 9.17) is 0 Å². The average Bonchev–Trinajstić information content (AvgIpc) is 2.30. The van der Waals surface area contributed by atoms with Gasteiger partial charge in [0.05, 0.1) is 0 Å². The summed E-state index contributed by atoms with van der Waals surface area (Å²) in [6.07, 6.45) is 5.56. The molecule has 0 saturated carbocycles. The first kappa shape index (κ1) is 11.0. The fourth-order valence-electron chi connectivity index (χ4n) is 2.23. The zero-order chi connectivity index (χ0) is 9.73. The van der Waals surface area contributed by atoms with Crippen LogP contribution in [0.15, 0.2) is 0 Å². The molecule has 0 aromatic carbocycles. The number of likely N-dealkylation sites (tertiary alicyclic amines) is 1. The smallest absolute Gasteiger partial charge is 0.0206 e. The molecule has 2 heteroatoms. The van der Waals surface area contributed by atoms with Gasteiger partial charge < -0.3 is 10.2 Å². The van der Waals surface area contributed by atoms with Crippen LogP contribution in [0, 0.1) is 0 Å². The minimum atomic E-state index is 0.574. The van der Waals surface area contributed by atoms with Crippen molar-refractivity contribution in [1.29, 1.82) is 0 Å². The lowest BCUT2D eigenvalue weighted by Gasteiger charge is -2.43. The highest BCUT2D eigenvalue weighted by molar-refractivity contribution is 4.98. The van der Waals surface area contributed by atoms with Gasteiger partial charge in [0.2, 0.25) is 0 Å². The molecule has 0 aromatic rings. The van der Waals surface area contributed by atoms with Crippen molar-refractivity contribution in [2.45, 2.75) is 45.1 Å². The van der Waals surface area contributed by atoms with E-state index in [-0.39, 0.29) is 0 Å². The normalized spacial score (nSPS) is 34.4. The first-order chi connectivity index (χ1) is 6.31. The van der Waals surface area contributed by atoms with Crippen LogP contribution >= 0.6 is 0 Å². The van der Waals surface area contributed by atoms with Gasteiger partial charge in [-0.15, -0.1) is 0 Å². The van der Waals surface area contributed by atoms with Crippen molar-refractivity contribution in [2.75, 3.05) is 26.7 Å². The van der Waals surface area contributed by atoms with E-state index in [1.807, 2.05) is 13.8 Å². The minimum absolute atomic E-state index is 0.574. The van der Waals surface area contributed by atoms with E-state index in [1.165, 1.54) is 45.3 Å². The zero-order valence-corrected chi connectivity index (χ0v) is 9.40. The highest BCUT2D eigenvalue weighted by atomic mass is 15.1. The van der Waals surface area contributed by atoms with Crippen molar-refractivity contribution in [3.05, 3.63) is 0 Å². The second kappa shape index (κ2) is 4.97. The molecule has 0 aromatic heterocycles. The summed E-state index contributed by atoms with van der Waals surface area (Å²) in [7, 11) is 2.23. The number of hydrogen-bond acceptors (Lipinski definition) is 2. The van der Waals surface area contributed by atoms with Crippen molar-refractivity contribution in [2.24, 2.45) is 0 Å².